The van der Waals surface area contributed by atoms with Crippen molar-refractivity contribution in [3.8, 4) is 0 Å². The van der Waals surface area contributed by atoms with Gasteiger partial charge in [0.05, 0.1) is 0 Å². The van der Waals surface area contributed by atoms with E-state index in [2.05, 4.69) is 43.1 Å². The topological polar surface area (TPSA) is 18.5 Å². The van der Waals surface area contributed by atoms with Crippen LogP contribution in [0.1, 0.15) is 33.1 Å². The average Bonchev–Trinajstić information content (AvgIpc) is 2.25. The van der Waals surface area contributed by atoms with Crippen molar-refractivity contribution in [3.63, 3.8) is 0 Å². The van der Waals surface area contributed by atoms with Crippen molar-refractivity contribution in [2.45, 2.75) is 33.1 Å². The third-order valence-corrected chi connectivity index (χ3v) is 3.77. The summed E-state index contributed by atoms with van der Waals surface area (Å²) in [4.78, 5) is 4.85. The monoisotopic (exact) mass is 241 g/mol. The summed E-state index contributed by atoms with van der Waals surface area (Å²) in [7, 11) is 4.27. The van der Waals surface area contributed by atoms with E-state index < -0.39 is 0 Å². The van der Waals surface area contributed by atoms with E-state index in [4.69, 9.17) is 0 Å². The lowest BCUT2D eigenvalue weighted by Gasteiger charge is -2.36. The van der Waals surface area contributed by atoms with Gasteiger partial charge in [0.25, 0.3) is 0 Å². The first-order valence-corrected chi connectivity index (χ1v) is 7.07. The summed E-state index contributed by atoms with van der Waals surface area (Å²) in [6.45, 7) is 12.1. The third-order valence-electron chi connectivity index (χ3n) is 3.77. The average molecular weight is 241 g/mol. The van der Waals surface area contributed by atoms with Crippen LogP contribution in [0.25, 0.3) is 0 Å². The van der Waals surface area contributed by atoms with E-state index in [-0.39, 0.29) is 0 Å². The van der Waals surface area contributed by atoms with Crippen LogP contribution < -0.4 is 5.32 Å². The van der Waals surface area contributed by atoms with Crippen molar-refractivity contribution >= 4 is 0 Å². The molecule has 1 heterocycles. The van der Waals surface area contributed by atoms with E-state index in [0.717, 1.165) is 13.1 Å². The second kappa shape index (κ2) is 7.34. The van der Waals surface area contributed by atoms with Gasteiger partial charge >= 0.3 is 0 Å². The standard InChI is InChI=1S/C14H31N3/c1-14(2)6-11-17(12-7-14)13-9-15-8-5-10-16(3)4/h15H,5-13H2,1-4H3. The van der Waals surface area contributed by atoms with Gasteiger partial charge in [-0.05, 0) is 65.0 Å². The van der Waals surface area contributed by atoms with Crippen LogP contribution in [-0.2, 0) is 0 Å². The molecule has 0 aromatic rings. The van der Waals surface area contributed by atoms with Crippen LogP contribution in [0.3, 0.4) is 0 Å². The Morgan fingerprint density at radius 1 is 1.12 bits per heavy atom. The van der Waals surface area contributed by atoms with E-state index in [9.17, 15) is 0 Å². The van der Waals surface area contributed by atoms with Crippen molar-refractivity contribution in [3.05, 3.63) is 0 Å². The fraction of sp³-hybridized carbons (Fsp3) is 1.00. The zero-order valence-electron chi connectivity index (χ0n) is 12.3. The van der Waals surface area contributed by atoms with E-state index in [1.807, 2.05) is 0 Å². The summed E-state index contributed by atoms with van der Waals surface area (Å²) >= 11 is 0. The molecule has 1 aliphatic rings. The van der Waals surface area contributed by atoms with Crippen molar-refractivity contribution < 1.29 is 0 Å². The minimum atomic E-state index is 0.579. The van der Waals surface area contributed by atoms with Gasteiger partial charge in [0.1, 0.15) is 0 Å². The summed E-state index contributed by atoms with van der Waals surface area (Å²) in [5.41, 5.74) is 0.579. The molecule has 102 valence electrons. The van der Waals surface area contributed by atoms with Gasteiger partial charge in [-0.25, -0.2) is 0 Å². The predicted molar refractivity (Wildman–Crippen MR) is 75.5 cm³/mol. The summed E-state index contributed by atoms with van der Waals surface area (Å²) < 4.78 is 0. The maximum Gasteiger partial charge on any atom is 0.0107 e. The second-order valence-corrected chi connectivity index (χ2v) is 6.41. The molecule has 0 bridgehead atoms. The van der Waals surface area contributed by atoms with Crippen molar-refractivity contribution in [1.29, 1.82) is 0 Å². The van der Waals surface area contributed by atoms with Gasteiger partial charge in [-0.15, -0.1) is 0 Å². The van der Waals surface area contributed by atoms with Crippen LogP contribution in [0.15, 0.2) is 0 Å². The number of piperidine rings is 1. The number of hydrogen-bond acceptors (Lipinski definition) is 3. The highest BCUT2D eigenvalue weighted by Crippen LogP contribution is 2.29. The van der Waals surface area contributed by atoms with Crippen molar-refractivity contribution in [2.24, 2.45) is 5.41 Å². The zero-order chi connectivity index (χ0) is 12.7. The van der Waals surface area contributed by atoms with Crippen LogP contribution in [0, 0.1) is 5.41 Å². The summed E-state index contributed by atoms with van der Waals surface area (Å²) in [6, 6.07) is 0. The second-order valence-electron chi connectivity index (χ2n) is 6.41. The van der Waals surface area contributed by atoms with Gasteiger partial charge in [-0.1, -0.05) is 13.8 Å². The quantitative estimate of drug-likeness (QED) is 0.684. The summed E-state index contributed by atoms with van der Waals surface area (Å²) in [5.74, 6) is 0. The SMILES string of the molecule is CN(C)CCCNCCN1CCC(C)(C)CC1. The molecule has 0 radical (unpaired) electrons. The largest absolute Gasteiger partial charge is 0.315 e. The molecule has 0 aromatic heterocycles. The van der Waals surface area contributed by atoms with Crippen molar-refractivity contribution in [2.75, 3.05) is 53.4 Å². The number of rotatable bonds is 7. The molecule has 0 amide bonds. The van der Waals surface area contributed by atoms with Gasteiger partial charge in [0.2, 0.25) is 0 Å². The van der Waals surface area contributed by atoms with E-state index in [1.54, 1.807) is 0 Å². The maximum absolute atomic E-state index is 3.54. The van der Waals surface area contributed by atoms with Crippen molar-refractivity contribution in [1.82, 2.24) is 15.1 Å². The molecule has 17 heavy (non-hydrogen) atoms. The number of nitrogens with one attached hydrogen (secondary N) is 1. The molecule has 1 rings (SSSR count). The summed E-state index contributed by atoms with van der Waals surface area (Å²) in [6.07, 6.45) is 3.96. The van der Waals surface area contributed by atoms with Gasteiger partial charge in [0, 0.05) is 13.1 Å². The van der Waals surface area contributed by atoms with E-state index in [1.165, 1.54) is 45.4 Å². The van der Waals surface area contributed by atoms with Gasteiger partial charge in [-0.2, -0.15) is 0 Å². The first kappa shape index (κ1) is 14.9. The fourth-order valence-electron chi connectivity index (χ4n) is 2.26. The lowest BCUT2D eigenvalue weighted by atomic mass is 9.83. The lowest BCUT2D eigenvalue weighted by molar-refractivity contribution is 0.133. The highest BCUT2D eigenvalue weighted by Gasteiger charge is 2.24. The fourth-order valence-corrected chi connectivity index (χ4v) is 2.26. The molecule has 1 saturated heterocycles. The molecule has 0 saturated carbocycles. The van der Waals surface area contributed by atoms with E-state index in [0.29, 0.717) is 5.41 Å². The predicted octanol–water partition coefficient (Wildman–Crippen LogP) is 1.65. The molecule has 0 spiro atoms. The van der Waals surface area contributed by atoms with Crippen LogP contribution in [0.2, 0.25) is 0 Å². The Morgan fingerprint density at radius 3 is 2.35 bits per heavy atom. The lowest BCUT2D eigenvalue weighted by Crippen LogP contribution is -2.40. The molecule has 0 aliphatic carbocycles. The van der Waals surface area contributed by atoms with E-state index >= 15 is 0 Å². The first-order valence-electron chi connectivity index (χ1n) is 7.07. The van der Waals surface area contributed by atoms with Crippen LogP contribution >= 0.6 is 0 Å². The Hall–Kier alpha value is -0.120. The first-order chi connectivity index (χ1) is 7.99. The summed E-state index contributed by atoms with van der Waals surface area (Å²) in [5, 5.41) is 3.54. The Labute approximate surface area is 108 Å². The van der Waals surface area contributed by atoms with Crippen LogP contribution in [0.5, 0.6) is 0 Å². The normalized spacial score (nSPS) is 21.0. The Balaban J connectivity index is 1.94. The molecular weight excluding hydrogens is 210 g/mol. The minimum Gasteiger partial charge on any atom is -0.315 e. The zero-order valence-corrected chi connectivity index (χ0v) is 12.3. The highest BCUT2D eigenvalue weighted by molar-refractivity contribution is 4.78. The molecule has 1 N–H and O–H groups in total. The van der Waals surface area contributed by atoms with Gasteiger partial charge < -0.3 is 15.1 Å². The molecule has 0 aromatic carbocycles. The van der Waals surface area contributed by atoms with Crippen LogP contribution in [-0.4, -0.2) is 63.2 Å². The number of hydrogen-bond donors (Lipinski definition) is 1. The van der Waals surface area contributed by atoms with Gasteiger partial charge in [0.15, 0.2) is 0 Å². The molecule has 3 nitrogen and oxygen atoms in total. The van der Waals surface area contributed by atoms with Crippen LogP contribution in [0.4, 0.5) is 0 Å². The number of likely N-dealkylation sites (tertiary alicyclic amines) is 1. The minimum absolute atomic E-state index is 0.579. The van der Waals surface area contributed by atoms with Gasteiger partial charge in [-0.3, -0.25) is 0 Å². The third kappa shape index (κ3) is 7.02. The Morgan fingerprint density at radius 2 is 1.76 bits per heavy atom. The number of nitrogens with zero attached hydrogens (tertiary/aromatic N) is 2. The molecule has 0 unspecified atom stereocenters. The molecule has 1 aliphatic heterocycles. The highest BCUT2D eigenvalue weighted by atomic mass is 15.1. The molecule has 3 heteroatoms. The Kier molecular flexibility index (Phi) is 6.45. The maximum atomic E-state index is 3.54. The molecule has 0 atom stereocenters. The Bertz CT molecular complexity index is 192. The molecular formula is C14H31N3. The molecule has 1 fully saturated rings. The smallest absolute Gasteiger partial charge is 0.0107 e.